The molecular weight excluding hydrogens is 264 g/mol. The molecule has 0 radical (unpaired) electrons. The maximum atomic E-state index is 12.2. The number of nitrogens with zero attached hydrogens (tertiary/aromatic N) is 1. The number of β-amino-alcohol motifs (C(OH)–C–C–N with tert-alkyl or cyclic N) is 1. The summed E-state index contributed by atoms with van der Waals surface area (Å²) >= 11 is 0. The minimum Gasteiger partial charge on any atom is -0.391 e. The van der Waals surface area contributed by atoms with Crippen LogP contribution < -0.4 is 5.32 Å². The fourth-order valence-electron chi connectivity index (χ4n) is 2.87. The number of hydrogen-bond donors (Lipinski definition) is 2. The highest BCUT2D eigenvalue weighted by Gasteiger charge is 2.21. The molecule has 1 atom stereocenters. The molecule has 0 spiro atoms. The fraction of sp³-hybridized carbons (Fsp3) is 0.353. The molecule has 0 saturated carbocycles. The van der Waals surface area contributed by atoms with E-state index in [4.69, 9.17) is 0 Å². The summed E-state index contributed by atoms with van der Waals surface area (Å²) in [5.74, 6) is 0. The number of aliphatic hydroxyl groups is 1. The maximum Gasteiger partial charge on any atom is 0.317 e. The zero-order chi connectivity index (χ0) is 14.7. The average Bonchev–Trinajstić information content (AvgIpc) is 2.52. The molecule has 1 aliphatic rings. The molecule has 4 heteroatoms. The molecule has 1 aliphatic heterocycles. The number of fused-ring (bicyclic) bond motifs is 1. The second-order valence-electron chi connectivity index (χ2n) is 5.54. The van der Waals surface area contributed by atoms with Gasteiger partial charge in [0.1, 0.15) is 0 Å². The van der Waals surface area contributed by atoms with Crippen molar-refractivity contribution in [2.45, 2.75) is 25.5 Å². The van der Waals surface area contributed by atoms with E-state index in [0.717, 1.165) is 24.9 Å². The van der Waals surface area contributed by atoms with E-state index in [1.165, 1.54) is 10.8 Å². The lowest BCUT2D eigenvalue weighted by Crippen LogP contribution is -2.46. The lowest BCUT2D eigenvalue weighted by molar-refractivity contribution is 0.0842. The van der Waals surface area contributed by atoms with Gasteiger partial charge in [-0.25, -0.2) is 4.79 Å². The van der Waals surface area contributed by atoms with Crippen molar-refractivity contribution in [3.8, 4) is 0 Å². The normalized spacial score (nSPS) is 18.7. The number of likely N-dealkylation sites (tertiary alicyclic amines) is 1. The van der Waals surface area contributed by atoms with Crippen molar-refractivity contribution < 1.29 is 9.90 Å². The van der Waals surface area contributed by atoms with Crippen LogP contribution in [0.4, 0.5) is 4.79 Å². The number of rotatable bonds is 2. The number of urea groups is 1. The van der Waals surface area contributed by atoms with Crippen molar-refractivity contribution in [2.75, 3.05) is 13.1 Å². The zero-order valence-electron chi connectivity index (χ0n) is 12.0. The third-order valence-electron chi connectivity index (χ3n) is 3.99. The Morgan fingerprint density at radius 2 is 2.05 bits per heavy atom. The molecular formula is C17H20N2O2. The van der Waals surface area contributed by atoms with Crippen LogP contribution in [0.2, 0.25) is 0 Å². The lowest BCUT2D eigenvalue weighted by atomic mass is 10.0. The molecule has 2 amide bonds. The van der Waals surface area contributed by atoms with Crippen molar-refractivity contribution >= 4 is 16.8 Å². The van der Waals surface area contributed by atoms with Crippen molar-refractivity contribution in [1.29, 1.82) is 0 Å². The zero-order valence-corrected chi connectivity index (χ0v) is 12.0. The lowest BCUT2D eigenvalue weighted by Gasteiger charge is -2.30. The molecule has 0 aliphatic carbocycles. The van der Waals surface area contributed by atoms with Gasteiger partial charge in [-0.3, -0.25) is 0 Å². The summed E-state index contributed by atoms with van der Waals surface area (Å²) in [4.78, 5) is 13.9. The van der Waals surface area contributed by atoms with Gasteiger partial charge in [-0.15, -0.1) is 0 Å². The minimum atomic E-state index is -0.387. The molecule has 21 heavy (non-hydrogen) atoms. The minimum absolute atomic E-state index is 0.0957. The van der Waals surface area contributed by atoms with E-state index >= 15 is 0 Å². The molecule has 2 aromatic carbocycles. The highest BCUT2D eigenvalue weighted by Crippen LogP contribution is 2.18. The van der Waals surface area contributed by atoms with Crippen molar-refractivity contribution in [3.63, 3.8) is 0 Å². The SMILES string of the molecule is O=C(NCc1cccc2ccccc12)N1CCCC(O)C1. The van der Waals surface area contributed by atoms with Gasteiger partial charge in [-0.05, 0) is 29.2 Å². The Kier molecular flexibility index (Phi) is 4.06. The quantitative estimate of drug-likeness (QED) is 0.890. The summed E-state index contributed by atoms with van der Waals surface area (Å²) < 4.78 is 0. The van der Waals surface area contributed by atoms with Crippen LogP contribution >= 0.6 is 0 Å². The maximum absolute atomic E-state index is 12.2. The molecule has 0 bridgehead atoms. The van der Waals surface area contributed by atoms with Gasteiger partial charge in [0.15, 0.2) is 0 Å². The summed E-state index contributed by atoms with van der Waals surface area (Å²) in [7, 11) is 0. The predicted molar refractivity (Wildman–Crippen MR) is 83.0 cm³/mol. The molecule has 3 rings (SSSR count). The largest absolute Gasteiger partial charge is 0.391 e. The molecule has 1 fully saturated rings. The summed E-state index contributed by atoms with van der Waals surface area (Å²) in [5.41, 5.74) is 1.11. The van der Waals surface area contributed by atoms with Gasteiger partial charge in [0.25, 0.3) is 0 Å². The van der Waals surface area contributed by atoms with E-state index in [1.807, 2.05) is 24.3 Å². The van der Waals surface area contributed by atoms with E-state index in [1.54, 1.807) is 4.90 Å². The molecule has 1 unspecified atom stereocenters. The van der Waals surface area contributed by atoms with E-state index in [2.05, 4.69) is 23.5 Å². The first-order valence-corrected chi connectivity index (χ1v) is 7.41. The molecule has 4 nitrogen and oxygen atoms in total. The second kappa shape index (κ2) is 6.14. The monoisotopic (exact) mass is 284 g/mol. The van der Waals surface area contributed by atoms with Gasteiger partial charge in [0.2, 0.25) is 0 Å². The highest BCUT2D eigenvalue weighted by atomic mass is 16.3. The summed E-state index contributed by atoms with van der Waals surface area (Å²) in [6.07, 6.45) is 1.26. The summed E-state index contributed by atoms with van der Waals surface area (Å²) in [6, 6.07) is 14.2. The Morgan fingerprint density at radius 3 is 2.90 bits per heavy atom. The molecule has 0 aromatic heterocycles. The van der Waals surface area contributed by atoms with Crippen molar-refractivity contribution in [1.82, 2.24) is 10.2 Å². The first-order chi connectivity index (χ1) is 10.2. The first kappa shape index (κ1) is 13.9. The van der Waals surface area contributed by atoms with Crippen molar-refractivity contribution in [3.05, 3.63) is 48.0 Å². The predicted octanol–water partition coefficient (Wildman–Crippen LogP) is 2.51. The molecule has 1 heterocycles. The Bertz CT molecular complexity index is 636. The van der Waals surface area contributed by atoms with E-state index in [9.17, 15) is 9.90 Å². The number of nitrogens with one attached hydrogen (secondary N) is 1. The topological polar surface area (TPSA) is 52.6 Å². The van der Waals surface area contributed by atoms with Gasteiger partial charge in [-0.1, -0.05) is 42.5 Å². The van der Waals surface area contributed by atoms with Crippen LogP contribution in [0.25, 0.3) is 10.8 Å². The Balaban J connectivity index is 1.67. The number of carbonyl (C=O) groups is 1. The number of hydrogen-bond acceptors (Lipinski definition) is 2. The molecule has 1 saturated heterocycles. The third-order valence-corrected chi connectivity index (χ3v) is 3.99. The van der Waals surface area contributed by atoms with Gasteiger partial charge in [-0.2, -0.15) is 0 Å². The summed E-state index contributed by atoms with van der Waals surface area (Å²) in [6.45, 7) is 1.66. The molecule has 2 N–H and O–H groups in total. The Hall–Kier alpha value is -2.07. The summed E-state index contributed by atoms with van der Waals surface area (Å²) in [5, 5.41) is 14.9. The number of benzene rings is 2. The van der Waals surface area contributed by atoms with Crippen LogP contribution in [0, 0.1) is 0 Å². The van der Waals surface area contributed by atoms with Gasteiger partial charge in [0, 0.05) is 19.6 Å². The fourth-order valence-corrected chi connectivity index (χ4v) is 2.87. The Morgan fingerprint density at radius 1 is 1.24 bits per heavy atom. The number of carbonyl (C=O) groups excluding carboxylic acids is 1. The highest BCUT2D eigenvalue weighted by molar-refractivity contribution is 5.86. The van der Waals surface area contributed by atoms with Gasteiger partial charge >= 0.3 is 6.03 Å². The van der Waals surface area contributed by atoms with Gasteiger partial charge in [0.05, 0.1) is 6.10 Å². The number of piperidine rings is 1. The van der Waals surface area contributed by atoms with E-state index in [0.29, 0.717) is 13.1 Å². The second-order valence-corrected chi connectivity index (χ2v) is 5.54. The standard InChI is InChI=1S/C17H20N2O2/c20-15-8-4-10-19(12-15)17(21)18-11-14-7-3-6-13-5-1-2-9-16(13)14/h1-3,5-7,9,15,20H,4,8,10-12H2,(H,18,21). The van der Waals surface area contributed by atoms with Crippen molar-refractivity contribution in [2.24, 2.45) is 0 Å². The van der Waals surface area contributed by atoms with Crippen LogP contribution in [0.3, 0.4) is 0 Å². The van der Waals surface area contributed by atoms with E-state index < -0.39 is 0 Å². The smallest absolute Gasteiger partial charge is 0.317 e. The van der Waals surface area contributed by atoms with E-state index in [-0.39, 0.29) is 12.1 Å². The van der Waals surface area contributed by atoms with Crippen LogP contribution in [0.15, 0.2) is 42.5 Å². The van der Waals surface area contributed by atoms with Crippen LogP contribution in [0.1, 0.15) is 18.4 Å². The van der Waals surface area contributed by atoms with Gasteiger partial charge < -0.3 is 15.3 Å². The van der Waals surface area contributed by atoms with Crippen LogP contribution in [0.5, 0.6) is 0 Å². The number of aliphatic hydroxyl groups excluding tert-OH is 1. The first-order valence-electron chi connectivity index (χ1n) is 7.41. The molecule has 2 aromatic rings. The average molecular weight is 284 g/mol. The van der Waals surface area contributed by atoms with Crippen LogP contribution in [-0.2, 0) is 6.54 Å². The molecule has 110 valence electrons. The number of amides is 2. The third kappa shape index (κ3) is 3.16. The Labute approximate surface area is 124 Å². The van der Waals surface area contributed by atoms with Crippen LogP contribution in [-0.4, -0.2) is 35.2 Å².